The molecule has 1 fully saturated rings. The molecule has 2 aromatic rings. The maximum Gasteiger partial charge on any atom is 0.329 e. The van der Waals surface area contributed by atoms with Crippen molar-refractivity contribution >= 4 is 34.8 Å². The molecule has 0 radical (unpaired) electrons. The van der Waals surface area contributed by atoms with Gasteiger partial charge in [-0.15, -0.1) is 11.3 Å². The van der Waals surface area contributed by atoms with E-state index >= 15 is 0 Å². The molecule has 0 spiro atoms. The summed E-state index contributed by atoms with van der Waals surface area (Å²) in [6.45, 7) is 2.03. The first-order valence-corrected chi connectivity index (χ1v) is 9.31. The van der Waals surface area contributed by atoms with Gasteiger partial charge in [0.1, 0.15) is 6.04 Å². The van der Waals surface area contributed by atoms with Gasteiger partial charge in [0.2, 0.25) is 0 Å². The Hall–Kier alpha value is -2.67. The van der Waals surface area contributed by atoms with Crippen molar-refractivity contribution in [3.8, 4) is 0 Å². The van der Waals surface area contributed by atoms with Crippen molar-refractivity contribution in [3.05, 3.63) is 52.2 Å². The molecule has 1 aromatic heterocycles. The maximum atomic E-state index is 12.5. The summed E-state index contributed by atoms with van der Waals surface area (Å²) in [7, 11) is 0. The molecular weight excluding hydrogens is 352 g/mol. The van der Waals surface area contributed by atoms with E-state index in [0.29, 0.717) is 23.5 Å². The number of carbonyl (C=O) groups is 3. The number of para-hydroxylation sites is 1. The number of likely N-dealkylation sites (tertiary alicyclic amines) is 1. The molecule has 0 bridgehead atoms. The second-order valence-electron chi connectivity index (χ2n) is 6.10. The number of rotatable bonds is 5. The van der Waals surface area contributed by atoms with E-state index in [9.17, 15) is 14.4 Å². The van der Waals surface area contributed by atoms with Crippen LogP contribution in [0.1, 0.15) is 28.1 Å². The zero-order valence-corrected chi connectivity index (χ0v) is 15.3. The fraction of sp³-hybridized carbons (Fsp3) is 0.316. The molecule has 1 saturated heterocycles. The monoisotopic (exact) mass is 372 g/mol. The van der Waals surface area contributed by atoms with Crippen molar-refractivity contribution in [2.24, 2.45) is 0 Å². The number of hydrogen-bond acceptors (Lipinski definition) is 5. The van der Waals surface area contributed by atoms with E-state index in [-0.39, 0.29) is 12.5 Å². The van der Waals surface area contributed by atoms with Crippen LogP contribution in [0.4, 0.5) is 5.69 Å². The average molecular weight is 372 g/mol. The lowest BCUT2D eigenvalue weighted by Gasteiger charge is -2.22. The minimum atomic E-state index is -0.629. The Bertz CT molecular complexity index is 804. The second kappa shape index (κ2) is 8.14. The summed E-state index contributed by atoms with van der Waals surface area (Å²) in [5, 5.41) is 4.54. The van der Waals surface area contributed by atoms with Crippen LogP contribution >= 0.6 is 11.3 Å². The molecule has 3 rings (SSSR count). The van der Waals surface area contributed by atoms with Gasteiger partial charge in [-0.2, -0.15) is 0 Å². The van der Waals surface area contributed by atoms with Crippen LogP contribution in [0.2, 0.25) is 0 Å². The zero-order valence-electron chi connectivity index (χ0n) is 14.4. The molecule has 0 unspecified atom stereocenters. The van der Waals surface area contributed by atoms with Crippen molar-refractivity contribution in [1.29, 1.82) is 0 Å². The molecule has 136 valence electrons. The van der Waals surface area contributed by atoms with E-state index in [0.717, 1.165) is 12.0 Å². The molecule has 0 saturated carbocycles. The van der Waals surface area contributed by atoms with Crippen LogP contribution < -0.4 is 5.32 Å². The quantitative estimate of drug-likeness (QED) is 0.819. The molecular formula is C19H20N2O4S. The Balaban J connectivity index is 1.55. The van der Waals surface area contributed by atoms with Gasteiger partial charge < -0.3 is 15.0 Å². The standard InChI is InChI=1S/C19H20N2O4S/c1-13-6-2-3-7-14(13)20-17(22)12-25-19(24)15-8-4-10-21(15)18(23)16-9-5-11-26-16/h2-3,5-7,9,11,15H,4,8,10,12H2,1H3,(H,20,22)/t15-/m1/s1. The number of anilines is 1. The van der Waals surface area contributed by atoms with E-state index in [2.05, 4.69) is 5.32 Å². The number of carbonyl (C=O) groups excluding carboxylic acids is 3. The maximum absolute atomic E-state index is 12.5. The summed E-state index contributed by atoms with van der Waals surface area (Å²) in [6.07, 6.45) is 1.29. The smallest absolute Gasteiger partial charge is 0.329 e. The fourth-order valence-electron chi connectivity index (χ4n) is 2.93. The Labute approximate surface area is 155 Å². The van der Waals surface area contributed by atoms with Crippen LogP contribution in [0.25, 0.3) is 0 Å². The largest absolute Gasteiger partial charge is 0.454 e. The fourth-order valence-corrected chi connectivity index (χ4v) is 3.61. The van der Waals surface area contributed by atoms with Gasteiger partial charge in [0, 0.05) is 12.2 Å². The molecule has 2 amide bonds. The highest BCUT2D eigenvalue weighted by atomic mass is 32.1. The van der Waals surface area contributed by atoms with Gasteiger partial charge >= 0.3 is 5.97 Å². The average Bonchev–Trinajstić information content (AvgIpc) is 3.33. The third kappa shape index (κ3) is 4.11. The van der Waals surface area contributed by atoms with Crippen LogP contribution in [0.15, 0.2) is 41.8 Å². The number of nitrogens with zero attached hydrogens (tertiary/aromatic N) is 1. The van der Waals surface area contributed by atoms with Gasteiger partial charge in [-0.1, -0.05) is 24.3 Å². The molecule has 6 nitrogen and oxygen atoms in total. The number of esters is 1. The normalized spacial score (nSPS) is 16.3. The third-order valence-electron chi connectivity index (χ3n) is 4.28. The van der Waals surface area contributed by atoms with Crippen molar-refractivity contribution in [3.63, 3.8) is 0 Å². The van der Waals surface area contributed by atoms with Crippen LogP contribution in [-0.4, -0.2) is 41.9 Å². The van der Waals surface area contributed by atoms with Crippen LogP contribution in [-0.2, 0) is 14.3 Å². The van der Waals surface area contributed by atoms with E-state index in [4.69, 9.17) is 4.74 Å². The van der Waals surface area contributed by atoms with E-state index < -0.39 is 17.9 Å². The van der Waals surface area contributed by atoms with Crippen molar-refractivity contribution in [2.75, 3.05) is 18.5 Å². The minimum Gasteiger partial charge on any atom is -0.454 e. The van der Waals surface area contributed by atoms with Gasteiger partial charge in [-0.3, -0.25) is 9.59 Å². The number of hydrogen-bond donors (Lipinski definition) is 1. The van der Waals surface area contributed by atoms with E-state index in [1.54, 1.807) is 18.2 Å². The van der Waals surface area contributed by atoms with Crippen molar-refractivity contribution in [1.82, 2.24) is 4.90 Å². The molecule has 1 aromatic carbocycles. The first kappa shape index (κ1) is 18.1. The first-order chi connectivity index (χ1) is 12.6. The van der Waals surface area contributed by atoms with Crippen LogP contribution in [0, 0.1) is 6.92 Å². The summed E-state index contributed by atoms with van der Waals surface area (Å²) >= 11 is 1.35. The number of ether oxygens (including phenoxy) is 1. The minimum absolute atomic E-state index is 0.163. The van der Waals surface area contributed by atoms with Crippen molar-refractivity contribution in [2.45, 2.75) is 25.8 Å². The lowest BCUT2D eigenvalue weighted by Crippen LogP contribution is -2.41. The number of benzene rings is 1. The number of thiophene rings is 1. The number of aryl methyl sites for hydroxylation is 1. The van der Waals surface area contributed by atoms with Gasteiger partial charge in [0.25, 0.3) is 11.8 Å². The molecule has 0 aliphatic carbocycles. The van der Waals surface area contributed by atoms with Crippen LogP contribution in [0.3, 0.4) is 0 Å². The Morgan fingerprint density at radius 1 is 1.23 bits per heavy atom. The summed E-state index contributed by atoms with van der Waals surface area (Å²) in [5.41, 5.74) is 1.61. The molecule has 2 heterocycles. The van der Waals surface area contributed by atoms with Gasteiger partial charge in [-0.25, -0.2) is 4.79 Å². The number of amides is 2. The van der Waals surface area contributed by atoms with Crippen LogP contribution in [0.5, 0.6) is 0 Å². The van der Waals surface area contributed by atoms with Gasteiger partial charge in [0.15, 0.2) is 6.61 Å². The lowest BCUT2D eigenvalue weighted by molar-refractivity contribution is -0.151. The molecule has 1 aliphatic heterocycles. The predicted octanol–water partition coefficient (Wildman–Crippen LogP) is 2.84. The van der Waals surface area contributed by atoms with Gasteiger partial charge in [-0.05, 0) is 42.8 Å². The van der Waals surface area contributed by atoms with Crippen molar-refractivity contribution < 1.29 is 19.1 Å². The highest BCUT2D eigenvalue weighted by Crippen LogP contribution is 2.23. The first-order valence-electron chi connectivity index (χ1n) is 8.43. The van der Waals surface area contributed by atoms with E-state index in [1.807, 2.05) is 30.5 Å². The highest BCUT2D eigenvalue weighted by molar-refractivity contribution is 7.12. The zero-order chi connectivity index (χ0) is 18.5. The molecule has 7 heteroatoms. The Kier molecular flexibility index (Phi) is 5.68. The Morgan fingerprint density at radius 2 is 2.04 bits per heavy atom. The summed E-state index contributed by atoms with van der Waals surface area (Å²) in [4.78, 5) is 39.0. The molecule has 1 aliphatic rings. The predicted molar refractivity (Wildman–Crippen MR) is 99.1 cm³/mol. The van der Waals surface area contributed by atoms with Gasteiger partial charge in [0.05, 0.1) is 4.88 Å². The molecule has 1 N–H and O–H groups in total. The summed E-state index contributed by atoms with van der Waals surface area (Å²) < 4.78 is 5.16. The van der Waals surface area contributed by atoms with E-state index in [1.165, 1.54) is 16.2 Å². The number of nitrogens with one attached hydrogen (secondary N) is 1. The second-order valence-corrected chi connectivity index (χ2v) is 7.05. The Morgan fingerprint density at radius 3 is 2.77 bits per heavy atom. The highest BCUT2D eigenvalue weighted by Gasteiger charge is 2.36. The summed E-state index contributed by atoms with van der Waals surface area (Å²) in [6, 6.07) is 10.3. The SMILES string of the molecule is Cc1ccccc1NC(=O)COC(=O)[C@H]1CCCN1C(=O)c1cccs1. The lowest BCUT2D eigenvalue weighted by atomic mass is 10.2. The topological polar surface area (TPSA) is 75.7 Å². The third-order valence-corrected chi connectivity index (χ3v) is 5.14. The molecule has 1 atom stereocenters. The summed E-state index contributed by atoms with van der Waals surface area (Å²) in [5.74, 6) is -1.10. The molecule has 26 heavy (non-hydrogen) atoms.